The summed E-state index contributed by atoms with van der Waals surface area (Å²) in [6, 6.07) is 11.5. The molecule has 21 heavy (non-hydrogen) atoms. The molecule has 0 saturated carbocycles. The summed E-state index contributed by atoms with van der Waals surface area (Å²) in [5.74, 6) is 0. The lowest BCUT2D eigenvalue weighted by Gasteiger charge is -2.10. The molecule has 0 spiro atoms. The minimum atomic E-state index is -3.68. The summed E-state index contributed by atoms with van der Waals surface area (Å²) in [5.41, 5.74) is 7.47. The third-order valence-electron chi connectivity index (χ3n) is 2.84. The third-order valence-corrected chi connectivity index (χ3v) is 5.34. The molecule has 0 saturated heterocycles. The average Bonchev–Trinajstić information content (AvgIpc) is 2.43. The van der Waals surface area contributed by atoms with E-state index in [1.807, 2.05) is 6.92 Å². The predicted octanol–water partition coefficient (Wildman–Crippen LogP) is 3.19. The predicted molar refractivity (Wildman–Crippen MR) is 92.0 cm³/mol. The van der Waals surface area contributed by atoms with Crippen molar-refractivity contribution in [2.45, 2.75) is 11.8 Å². The minimum absolute atomic E-state index is 0.119. The number of nitrogens with two attached hydrogens (primary N) is 1. The van der Waals surface area contributed by atoms with E-state index in [0.717, 1.165) is 10.0 Å². The normalized spacial score (nSPS) is 11.1. The zero-order valence-corrected chi connectivity index (χ0v) is 14.3. The van der Waals surface area contributed by atoms with Gasteiger partial charge in [-0.25, -0.2) is 8.42 Å². The van der Waals surface area contributed by atoms with Crippen LogP contribution in [0.15, 0.2) is 51.8 Å². The Kier molecular flexibility index (Phi) is 4.65. The van der Waals surface area contributed by atoms with Gasteiger partial charge in [0, 0.05) is 15.7 Å². The number of anilines is 1. The van der Waals surface area contributed by atoms with E-state index in [9.17, 15) is 8.42 Å². The Morgan fingerprint density at radius 3 is 2.57 bits per heavy atom. The second-order valence-corrected chi connectivity index (χ2v) is 7.44. The molecule has 0 unspecified atom stereocenters. The van der Waals surface area contributed by atoms with Crippen LogP contribution in [0, 0.1) is 6.92 Å². The molecule has 2 aromatic rings. The molecule has 0 bridgehead atoms. The van der Waals surface area contributed by atoms with Crippen LogP contribution < -0.4 is 10.5 Å². The largest absolute Gasteiger partial charge is 0.389 e. The van der Waals surface area contributed by atoms with Gasteiger partial charge in [-0.1, -0.05) is 40.3 Å². The summed E-state index contributed by atoms with van der Waals surface area (Å²) in [4.78, 5) is 0.278. The molecule has 2 rings (SSSR count). The van der Waals surface area contributed by atoms with Gasteiger partial charge in [0.25, 0.3) is 10.0 Å². The summed E-state index contributed by atoms with van der Waals surface area (Å²) in [6.07, 6.45) is 0. The first-order chi connectivity index (χ1) is 9.79. The lowest BCUT2D eigenvalue weighted by Crippen LogP contribution is -2.15. The summed E-state index contributed by atoms with van der Waals surface area (Å²) in [5, 5.41) is 0. The highest BCUT2D eigenvalue weighted by Gasteiger charge is 2.15. The number of benzene rings is 2. The molecule has 0 aliphatic carbocycles. The molecular formula is C14H13BrN2O2S2. The molecule has 0 aromatic heterocycles. The topological polar surface area (TPSA) is 72.2 Å². The van der Waals surface area contributed by atoms with Crippen LogP contribution in [0.1, 0.15) is 11.1 Å². The Morgan fingerprint density at radius 1 is 1.24 bits per heavy atom. The lowest BCUT2D eigenvalue weighted by molar-refractivity contribution is 0.601. The molecule has 110 valence electrons. The zero-order valence-electron chi connectivity index (χ0n) is 11.1. The maximum Gasteiger partial charge on any atom is 0.261 e. The van der Waals surface area contributed by atoms with Crippen molar-refractivity contribution in [3.63, 3.8) is 0 Å². The van der Waals surface area contributed by atoms with Crippen LogP contribution in [0.25, 0.3) is 0 Å². The van der Waals surface area contributed by atoms with Crippen LogP contribution in [-0.4, -0.2) is 13.4 Å². The van der Waals surface area contributed by atoms with Crippen molar-refractivity contribution in [3.05, 3.63) is 58.1 Å². The summed E-state index contributed by atoms with van der Waals surface area (Å²) in [6.45, 7) is 1.88. The smallest absolute Gasteiger partial charge is 0.261 e. The van der Waals surface area contributed by atoms with Crippen LogP contribution in [-0.2, 0) is 10.0 Å². The van der Waals surface area contributed by atoms with Crippen molar-refractivity contribution in [2.75, 3.05) is 4.72 Å². The van der Waals surface area contributed by atoms with Crippen molar-refractivity contribution < 1.29 is 8.42 Å². The van der Waals surface area contributed by atoms with E-state index in [1.54, 1.807) is 30.3 Å². The number of nitrogens with one attached hydrogen (secondary N) is 1. The van der Waals surface area contributed by atoms with Crippen LogP contribution >= 0.6 is 28.1 Å². The monoisotopic (exact) mass is 384 g/mol. The van der Waals surface area contributed by atoms with E-state index >= 15 is 0 Å². The van der Waals surface area contributed by atoms with E-state index in [-0.39, 0.29) is 9.88 Å². The van der Waals surface area contributed by atoms with Gasteiger partial charge < -0.3 is 5.73 Å². The van der Waals surface area contributed by atoms with E-state index < -0.39 is 10.0 Å². The minimum Gasteiger partial charge on any atom is -0.389 e. The highest BCUT2D eigenvalue weighted by Crippen LogP contribution is 2.22. The van der Waals surface area contributed by atoms with Crippen molar-refractivity contribution in [3.8, 4) is 0 Å². The molecule has 2 aromatic carbocycles. The van der Waals surface area contributed by atoms with Crippen LogP contribution in [0.2, 0.25) is 0 Å². The molecule has 0 heterocycles. The van der Waals surface area contributed by atoms with E-state index in [2.05, 4.69) is 20.7 Å². The van der Waals surface area contributed by atoms with Gasteiger partial charge in [-0.3, -0.25) is 4.72 Å². The Labute approximate surface area is 137 Å². The molecule has 0 radical (unpaired) electrons. The Morgan fingerprint density at radius 2 is 1.95 bits per heavy atom. The third kappa shape index (κ3) is 3.81. The van der Waals surface area contributed by atoms with E-state index in [4.69, 9.17) is 18.0 Å². The van der Waals surface area contributed by atoms with Crippen molar-refractivity contribution in [2.24, 2.45) is 5.73 Å². The highest BCUT2D eigenvalue weighted by atomic mass is 79.9. The number of thiocarbonyl (C=S) groups is 1. The molecule has 7 heteroatoms. The van der Waals surface area contributed by atoms with Gasteiger partial charge in [0.05, 0.1) is 4.90 Å². The fourth-order valence-electron chi connectivity index (χ4n) is 1.74. The molecule has 4 nitrogen and oxygen atoms in total. The second kappa shape index (κ2) is 6.13. The summed E-state index contributed by atoms with van der Waals surface area (Å²) >= 11 is 8.24. The summed E-state index contributed by atoms with van der Waals surface area (Å²) < 4.78 is 28.2. The van der Waals surface area contributed by atoms with Gasteiger partial charge in [-0.15, -0.1) is 0 Å². The molecule has 0 atom stereocenters. The number of halogens is 1. The first kappa shape index (κ1) is 15.9. The first-order valence-corrected chi connectivity index (χ1v) is 8.67. The second-order valence-electron chi connectivity index (χ2n) is 4.46. The van der Waals surface area contributed by atoms with Crippen LogP contribution in [0.5, 0.6) is 0 Å². The van der Waals surface area contributed by atoms with Gasteiger partial charge >= 0.3 is 0 Å². The fourth-order valence-corrected chi connectivity index (χ4v) is 3.21. The maximum atomic E-state index is 12.4. The quantitative estimate of drug-likeness (QED) is 0.793. The number of sulfonamides is 1. The van der Waals surface area contributed by atoms with Crippen molar-refractivity contribution >= 4 is 48.8 Å². The van der Waals surface area contributed by atoms with Crippen molar-refractivity contribution in [1.82, 2.24) is 0 Å². The number of aryl methyl sites for hydroxylation is 1. The zero-order chi connectivity index (χ0) is 15.6. The molecule has 0 aliphatic heterocycles. The SMILES string of the molecule is Cc1cc(NS(=O)(=O)c2cccc(C(N)=S)c2)ccc1Br. The van der Waals surface area contributed by atoms with E-state index in [0.29, 0.717) is 11.3 Å². The molecule has 0 fully saturated rings. The van der Waals surface area contributed by atoms with Gasteiger partial charge in [0.15, 0.2) is 0 Å². The van der Waals surface area contributed by atoms with E-state index in [1.165, 1.54) is 12.1 Å². The highest BCUT2D eigenvalue weighted by molar-refractivity contribution is 9.10. The number of hydrogen-bond donors (Lipinski definition) is 2. The number of rotatable bonds is 4. The Bertz CT molecular complexity index is 804. The Balaban J connectivity index is 2.36. The lowest BCUT2D eigenvalue weighted by atomic mass is 10.2. The summed E-state index contributed by atoms with van der Waals surface area (Å²) in [7, 11) is -3.68. The molecule has 0 amide bonds. The first-order valence-electron chi connectivity index (χ1n) is 5.98. The average molecular weight is 385 g/mol. The van der Waals surface area contributed by atoms with Crippen LogP contribution in [0.3, 0.4) is 0 Å². The fraction of sp³-hybridized carbons (Fsp3) is 0.0714. The molecular weight excluding hydrogens is 372 g/mol. The van der Waals surface area contributed by atoms with Crippen molar-refractivity contribution in [1.29, 1.82) is 0 Å². The van der Waals surface area contributed by atoms with Crippen LogP contribution in [0.4, 0.5) is 5.69 Å². The molecule has 0 aliphatic rings. The number of hydrogen-bond acceptors (Lipinski definition) is 3. The van der Waals surface area contributed by atoms with Gasteiger partial charge in [-0.2, -0.15) is 0 Å². The van der Waals surface area contributed by atoms with Gasteiger partial charge in [-0.05, 0) is 42.8 Å². The Hall–Kier alpha value is -1.44. The molecule has 3 N–H and O–H groups in total. The van der Waals surface area contributed by atoms with Gasteiger partial charge in [0.2, 0.25) is 0 Å². The maximum absolute atomic E-state index is 12.4. The van der Waals surface area contributed by atoms with Gasteiger partial charge in [0.1, 0.15) is 4.99 Å². The standard InChI is InChI=1S/C14H13BrN2O2S2/c1-9-7-11(5-6-13(9)15)17-21(18,19)12-4-2-3-10(8-12)14(16)20/h2-8,17H,1H3,(H2,16,20).